The van der Waals surface area contributed by atoms with Crippen molar-refractivity contribution in [3.05, 3.63) is 52.5 Å². The monoisotopic (exact) mass is 354 g/mol. The lowest BCUT2D eigenvalue weighted by molar-refractivity contribution is 0.601. The lowest BCUT2D eigenvalue weighted by Gasteiger charge is -2.09. The van der Waals surface area contributed by atoms with Crippen LogP contribution in [0.25, 0.3) is 0 Å². The van der Waals surface area contributed by atoms with Crippen molar-refractivity contribution in [3.8, 4) is 0 Å². The summed E-state index contributed by atoms with van der Waals surface area (Å²) in [5.41, 5.74) is 7.84. The molecule has 2 aromatic carbocycles. The highest BCUT2D eigenvalue weighted by Gasteiger charge is 2.15. The van der Waals surface area contributed by atoms with E-state index in [2.05, 4.69) is 20.7 Å². The van der Waals surface area contributed by atoms with Crippen molar-refractivity contribution < 1.29 is 8.42 Å². The average Bonchev–Trinajstić information content (AvgIpc) is 2.42. The minimum absolute atomic E-state index is 0.165. The fourth-order valence-corrected chi connectivity index (χ4v) is 3.31. The van der Waals surface area contributed by atoms with Gasteiger partial charge in [0.1, 0.15) is 0 Å². The van der Waals surface area contributed by atoms with E-state index in [-0.39, 0.29) is 4.90 Å². The Bertz CT molecular complexity index is 712. The number of nitrogen functional groups attached to an aromatic ring is 1. The Morgan fingerprint density at radius 2 is 1.80 bits per heavy atom. The lowest BCUT2D eigenvalue weighted by atomic mass is 10.2. The SMILES string of the molecule is CCc1ccc(NS(=O)(=O)c2ccc(N)c(Br)c2)cc1. The van der Waals surface area contributed by atoms with Crippen molar-refractivity contribution in [1.29, 1.82) is 0 Å². The summed E-state index contributed by atoms with van der Waals surface area (Å²) in [5, 5.41) is 0. The molecule has 2 rings (SSSR count). The summed E-state index contributed by atoms with van der Waals surface area (Å²) in [6, 6.07) is 11.8. The van der Waals surface area contributed by atoms with Gasteiger partial charge >= 0.3 is 0 Å². The molecule has 0 aliphatic carbocycles. The number of sulfonamides is 1. The van der Waals surface area contributed by atoms with Crippen molar-refractivity contribution in [2.24, 2.45) is 0 Å². The van der Waals surface area contributed by atoms with Crippen LogP contribution in [0.15, 0.2) is 51.8 Å². The third-order valence-corrected chi connectivity index (χ3v) is 4.96. The van der Waals surface area contributed by atoms with Crippen LogP contribution in [0.5, 0.6) is 0 Å². The van der Waals surface area contributed by atoms with Crippen LogP contribution in [-0.2, 0) is 16.4 Å². The molecule has 3 N–H and O–H groups in total. The van der Waals surface area contributed by atoms with Gasteiger partial charge in [0.15, 0.2) is 0 Å². The van der Waals surface area contributed by atoms with Crippen LogP contribution in [0.2, 0.25) is 0 Å². The summed E-state index contributed by atoms with van der Waals surface area (Å²) in [5.74, 6) is 0. The summed E-state index contributed by atoms with van der Waals surface area (Å²) in [6.45, 7) is 2.05. The number of rotatable bonds is 4. The molecule has 0 amide bonds. The third kappa shape index (κ3) is 3.32. The molecule has 20 heavy (non-hydrogen) atoms. The second-order valence-corrected chi connectivity index (χ2v) is 6.88. The van der Waals surface area contributed by atoms with Crippen molar-refractivity contribution in [2.45, 2.75) is 18.2 Å². The second kappa shape index (κ2) is 5.85. The van der Waals surface area contributed by atoms with Gasteiger partial charge < -0.3 is 5.73 Å². The zero-order valence-corrected chi connectivity index (χ0v) is 13.3. The molecule has 0 aliphatic heterocycles. The Balaban J connectivity index is 2.27. The van der Waals surface area contributed by atoms with E-state index in [9.17, 15) is 8.42 Å². The number of halogens is 1. The van der Waals surface area contributed by atoms with Gasteiger partial charge in [-0.3, -0.25) is 4.72 Å². The first-order valence-corrected chi connectivity index (χ1v) is 8.37. The molecule has 0 heterocycles. The molecule has 0 fully saturated rings. The summed E-state index contributed by atoms with van der Waals surface area (Å²) >= 11 is 3.23. The van der Waals surface area contributed by atoms with Gasteiger partial charge in [0.25, 0.3) is 10.0 Å². The van der Waals surface area contributed by atoms with Gasteiger partial charge in [-0.25, -0.2) is 8.42 Å². The number of nitrogens with two attached hydrogens (primary N) is 1. The standard InChI is InChI=1S/C14H15BrN2O2S/c1-2-10-3-5-11(6-4-10)17-20(18,19)12-7-8-14(16)13(15)9-12/h3-9,17H,2,16H2,1H3. The number of anilines is 2. The molecule has 0 bridgehead atoms. The predicted octanol–water partition coefficient (Wildman–Crippen LogP) is 3.39. The van der Waals surface area contributed by atoms with Gasteiger partial charge in [0, 0.05) is 15.8 Å². The van der Waals surface area contributed by atoms with E-state index in [0.717, 1.165) is 12.0 Å². The number of benzene rings is 2. The van der Waals surface area contributed by atoms with E-state index in [1.165, 1.54) is 12.1 Å². The highest BCUT2D eigenvalue weighted by molar-refractivity contribution is 9.10. The highest BCUT2D eigenvalue weighted by atomic mass is 79.9. The Labute approximate surface area is 127 Å². The largest absolute Gasteiger partial charge is 0.398 e. The van der Waals surface area contributed by atoms with Crippen LogP contribution in [0.4, 0.5) is 11.4 Å². The molecule has 4 nitrogen and oxygen atoms in total. The van der Waals surface area contributed by atoms with E-state index < -0.39 is 10.0 Å². The maximum atomic E-state index is 12.2. The smallest absolute Gasteiger partial charge is 0.261 e. The molecule has 2 aromatic rings. The molecule has 0 atom stereocenters. The van der Waals surface area contributed by atoms with Gasteiger partial charge in [-0.1, -0.05) is 19.1 Å². The van der Waals surface area contributed by atoms with Crippen LogP contribution in [-0.4, -0.2) is 8.42 Å². The molecule has 0 radical (unpaired) electrons. The normalized spacial score (nSPS) is 11.3. The van der Waals surface area contributed by atoms with Gasteiger partial charge in [-0.15, -0.1) is 0 Å². The van der Waals surface area contributed by atoms with E-state index in [4.69, 9.17) is 5.73 Å². The van der Waals surface area contributed by atoms with Gasteiger partial charge in [-0.05, 0) is 58.2 Å². The first kappa shape index (κ1) is 14.9. The second-order valence-electron chi connectivity index (χ2n) is 4.34. The first-order chi connectivity index (χ1) is 9.42. The average molecular weight is 355 g/mol. The molecule has 6 heteroatoms. The lowest BCUT2D eigenvalue weighted by Crippen LogP contribution is -2.13. The Kier molecular flexibility index (Phi) is 4.35. The molecular formula is C14H15BrN2O2S. The maximum absolute atomic E-state index is 12.2. The number of aryl methyl sites for hydroxylation is 1. The van der Waals surface area contributed by atoms with Crippen LogP contribution < -0.4 is 10.5 Å². The summed E-state index contributed by atoms with van der Waals surface area (Å²) in [6.07, 6.45) is 0.915. The van der Waals surface area contributed by atoms with Crippen molar-refractivity contribution in [3.63, 3.8) is 0 Å². The Hall–Kier alpha value is -1.53. The molecular weight excluding hydrogens is 340 g/mol. The van der Waals surface area contributed by atoms with Crippen molar-refractivity contribution in [1.82, 2.24) is 0 Å². The van der Waals surface area contributed by atoms with Crippen molar-refractivity contribution >= 4 is 37.3 Å². The van der Waals surface area contributed by atoms with Crippen molar-refractivity contribution in [2.75, 3.05) is 10.5 Å². The topological polar surface area (TPSA) is 72.2 Å². The van der Waals surface area contributed by atoms with Crippen LogP contribution in [0.3, 0.4) is 0 Å². The zero-order valence-electron chi connectivity index (χ0n) is 10.9. The van der Waals surface area contributed by atoms with Crippen LogP contribution >= 0.6 is 15.9 Å². The van der Waals surface area contributed by atoms with E-state index in [1.54, 1.807) is 18.2 Å². The van der Waals surface area contributed by atoms with E-state index >= 15 is 0 Å². The molecule has 0 unspecified atom stereocenters. The molecule has 0 aromatic heterocycles. The van der Waals surface area contributed by atoms with E-state index in [1.807, 2.05) is 19.1 Å². The van der Waals surface area contributed by atoms with E-state index in [0.29, 0.717) is 15.8 Å². The molecule has 0 saturated carbocycles. The molecule has 0 saturated heterocycles. The quantitative estimate of drug-likeness (QED) is 0.826. The minimum atomic E-state index is -3.61. The maximum Gasteiger partial charge on any atom is 0.261 e. The fourth-order valence-electron chi connectivity index (χ4n) is 1.70. The van der Waals surface area contributed by atoms with Crippen LogP contribution in [0, 0.1) is 0 Å². The number of hydrogen-bond donors (Lipinski definition) is 2. The highest BCUT2D eigenvalue weighted by Crippen LogP contribution is 2.24. The van der Waals surface area contributed by atoms with Gasteiger partial charge in [0.05, 0.1) is 4.90 Å². The van der Waals surface area contributed by atoms with Gasteiger partial charge in [-0.2, -0.15) is 0 Å². The summed E-state index contributed by atoms with van der Waals surface area (Å²) in [4.78, 5) is 0.165. The summed E-state index contributed by atoms with van der Waals surface area (Å²) in [7, 11) is -3.61. The number of hydrogen-bond acceptors (Lipinski definition) is 3. The fraction of sp³-hybridized carbons (Fsp3) is 0.143. The minimum Gasteiger partial charge on any atom is -0.398 e. The Morgan fingerprint density at radius 1 is 1.15 bits per heavy atom. The third-order valence-electron chi connectivity index (χ3n) is 2.90. The first-order valence-electron chi connectivity index (χ1n) is 6.09. The van der Waals surface area contributed by atoms with Crippen LogP contribution in [0.1, 0.15) is 12.5 Å². The molecule has 0 aliphatic rings. The molecule has 106 valence electrons. The zero-order chi connectivity index (χ0) is 14.8. The number of nitrogens with one attached hydrogen (secondary N) is 1. The Morgan fingerprint density at radius 3 is 2.35 bits per heavy atom. The van der Waals surface area contributed by atoms with Gasteiger partial charge in [0.2, 0.25) is 0 Å². The molecule has 0 spiro atoms. The predicted molar refractivity (Wildman–Crippen MR) is 85.2 cm³/mol. The summed E-state index contributed by atoms with van der Waals surface area (Å²) < 4.78 is 27.6.